The van der Waals surface area contributed by atoms with Crippen molar-refractivity contribution < 1.29 is 37.3 Å². The van der Waals surface area contributed by atoms with Crippen molar-refractivity contribution in [1.29, 1.82) is 0 Å². The van der Waals surface area contributed by atoms with E-state index in [-0.39, 0.29) is 46.3 Å². The van der Waals surface area contributed by atoms with Crippen LogP contribution in [0.25, 0.3) is 10.9 Å². The molecule has 12 heteroatoms. The van der Waals surface area contributed by atoms with Gasteiger partial charge in [-0.25, -0.2) is 4.39 Å². The number of fused-ring (bicyclic) bond motifs is 2. The average Bonchev–Trinajstić information content (AvgIpc) is 3.25. The van der Waals surface area contributed by atoms with Crippen molar-refractivity contribution >= 4 is 28.4 Å². The third-order valence-electron chi connectivity index (χ3n) is 7.51. The van der Waals surface area contributed by atoms with E-state index in [1.807, 2.05) is 13.8 Å². The number of hydrogen-bond acceptors (Lipinski definition) is 6. The van der Waals surface area contributed by atoms with Crippen LogP contribution in [0.3, 0.4) is 0 Å². The predicted molar refractivity (Wildman–Crippen MR) is 153 cm³/mol. The first-order chi connectivity index (χ1) is 20.2. The molecule has 43 heavy (non-hydrogen) atoms. The van der Waals surface area contributed by atoms with Crippen LogP contribution in [-0.2, 0) is 11.8 Å². The molecule has 2 atom stereocenters. The van der Waals surface area contributed by atoms with Crippen LogP contribution in [0.5, 0.6) is 11.5 Å². The van der Waals surface area contributed by atoms with E-state index in [0.717, 1.165) is 6.07 Å². The number of phenolic OH excluding ortho intramolecular Hbond substituents is 1. The number of carbonyl (C=O) groups excluding carboxylic acids is 1. The molecule has 5 rings (SSSR count). The molecule has 2 aromatic heterocycles. The second-order valence-corrected chi connectivity index (χ2v) is 11.7. The van der Waals surface area contributed by atoms with Crippen molar-refractivity contribution in [3.63, 3.8) is 0 Å². The van der Waals surface area contributed by atoms with Gasteiger partial charge in [-0.3, -0.25) is 14.8 Å². The highest BCUT2D eigenvalue weighted by Crippen LogP contribution is 2.45. The number of aliphatic hydroxyl groups is 1. The van der Waals surface area contributed by atoms with Gasteiger partial charge in [0.25, 0.3) is 5.91 Å². The number of pyridine rings is 2. The maximum absolute atomic E-state index is 14.4. The van der Waals surface area contributed by atoms with Crippen LogP contribution in [0.2, 0.25) is 0 Å². The van der Waals surface area contributed by atoms with Gasteiger partial charge in [0, 0.05) is 52.6 Å². The second-order valence-electron chi connectivity index (χ2n) is 11.3. The minimum atomic E-state index is -5.16. The number of alkyl halides is 3. The first kappa shape index (κ1) is 30.5. The molecule has 7 nitrogen and oxygen atoms in total. The van der Waals surface area contributed by atoms with Crippen molar-refractivity contribution in [2.45, 2.75) is 49.8 Å². The maximum Gasteiger partial charge on any atom is 0.419 e. The first-order valence-corrected chi connectivity index (χ1v) is 13.8. The van der Waals surface area contributed by atoms with Crippen molar-refractivity contribution in [3.05, 3.63) is 94.2 Å². The van der Waals surface area contributed by atoms with Gasteiger partial charge in [0.15, 0.2) is 5.60 Å². The molecule has 0 saturated carbocycles. The van der Waals surface area contributed by atoms with Gasteiger partial charge in [-0.15, -0.1) is 0 Å². The number of rotatable bonds is 6. The van der Waals surface area contributed by atoms with Crippen LogP contribution in [0, 0.1) is 0 Å². The first-order valence-electron chi connectivity index (χ1n) is 13.4. The predicted octanol–water partition coefficient (Wildman–Crippen LogP) is 6.29. The summed E-state index contributed by atoms with van der Waals surface area (Å²) < 4.78 is 63.4. The zero-order valence-corrected chi connectivity index (χ0v) is 23.9. The fraction of sp³-hybridized carbons (Fsp3) is 0.323. The molecule has 226 valence electrons. The molecule has 2 aliphatic rings. The number of halogens is 5. The Bertz CT molecular complexity index is 1690. The molecule has 1 aromatic carbocycles. The summed E-state index contributed by atoms with van der Waals surface area (Å²) in [5.41, 5.74) is -3.09. The van der Waals surface area contributed by atoms with Crippen molar-refractivity contribution in [3.8, 4) is 11.5 Å². The van der Waals surface area contributed by atoms with Gasteiger partial charge in [0.1, 0.15) is 22.8 Å². The molecule has 0 bridgehead atoms. The third kappa shape index (κ3) is 6.09. The van der Waals surface area contributed by atoms with E-state index in [4.69, 9.17) is 16.3 Å². The minimum Gasteiger partial charge on any atom is -0.506 e. The lowest BCUT2D eigenvalue weighted by Crippen LogP contribution is -2.55. The van der Waals surface area contributed by atoms with Gasteiger partial charge in [0.2, 0.25) is 0 Å². The molecule has 0 saturated heterocycles. The van der Waals surface area contributed by atoms with E-state index < -0.39 is 47.8 Å². The largest absolute Gasteiger partial charge is 0.506 e. The summed E-state index contributed by atoms with van der Waals surface area (Å²) in [5, 5.41) is 23.8. The van der Waals surface area contributed by atoms with Crippen LogP contribution in [0.1, 0.15) is 53.5 Å². The zero-order valence-electron chi connectivity index (χ0n) is 23.2. The summed E-state index contributed by atoms with van der Waals surface area (Å²) in [6, 6.07) is 7.11. The molecule has 1 amide bonds. The SMILES string of the molecule is CC1(C)COc2c1cc(CC(O)(CNC(=O)c1cc(O)c3ncccc3c1)C(F)(F)F)nc2C1C=CC/C(Cl)=C(F)\C=C/1. The molecule has 3 heterocycles. The summed E-state index contributed by atoms with van der Waals surface area (Å²) in [6.45, 7) is 2.79. The Labute approximate surface area is 249 Å². The number of aromatic hydroxyl groups is 1. The zero-order chi connectivity index (χ0) is 31.2. The molecule has 3 N–H and O–H groups in total. The number of ether oxygens (including phenoxy) is 1. The Kier molecular flexibility index (Phi) is 8.00. The number of amides is 1. The number of nitrogens with zero attached hydrogens (tertiary/aromatic N) is 2. The van der Waals surface area contributed by atoms with Crippen LogP contribution in [0.15, 0.2) is 71.7 Å². The molecule has 2 unspecified atom stereocenters. The Morgan fingerprint density at radius 1 is 1.23 bits per heavy atom. The maximum atomic E-state index is 14.4. The fourth-order valence-corrected chi connectivity index (χ4v) is 5.20. The molecule has 0 spiro atoms. The molecule has 0 radical (unpaired) electrons. The minimum absolute atomic E-state index is 0.0168. The van der Waals surface area contributed by atoms with Crippen molar-refractivity contribution in [1.82, 2.24) is 15.3 Å². The number of phenols is 1. The Morgan fingerprint density at radius 2 is 2.00 bits per heavy atom. The number of allylic oxidation sites excluding steroid dienone is 6. The highest BCUT2D eigenvalue weighted by Gasteiger charge is 2.54. The van der Waals surface area contributed by atoms with Crippen LogP contribution in [0.4, 0.5) is 17.6 Å². The number of nitrogens with one attached hydrogen (secondary N) is 1. The van der Waals surface area contributed by atoms with E-state index in [9.17, 15) is 32.6 Å². The number of carbonyl (C=O) groups is 1. The van der Waals surface area contributed by atoms with Gasteiger partial charge in [0.05, 0.1) is 23.9 Å². The molecule has 0 fully saturated rings. The van der Waals surface area contributed by atoms with Gasteiger partial charge < -0.3 is 20.3 Å². The quantitative estimate of drug-likeness (QED) is 0.222. The van der Waals surface area contributed by atoms with Gasteiger partial charge in [-0.2, -0.15) is 13.2 Å². The van der Waals surface area contributed by atoms with E-state index in [0.29, 0.717) is 16.7 Å². The van der Waals surface area contributed by atoms with E-state index in [1.54, 1.807) is 24.3 Å². The average molecular weight is 618 g/mol. The molecule has 1 aliphatic carbocycles. The molecule has 1 aliphatic heterocycles. The number of benzene rings is 1. The van der Waals surface area contributed by atoms with Crippen molar-refractivity contribution in [2.75, 3.05) is 13.2 Å². The fourth-order valence-electron chi connectivity index (χ4n) is 5.05. The molecular weight excluding hydrogens is 590 g/mol. The van der Waals surface area contributed by atoms with Gasteiger partial charge in [-0.05, 0) is 30.3 Å². The van der Waals surface area contributed by atoms with Crippen LogP contribution < -0.4 is 10.1 Å². The Balaban J connectivity index is 1.47. The van der Waals surface area contributed by atoms with Crippen LogP contribution in [-0.4, -0.2) is 51.0 Å². The summed E-state index contributed by atoms with van der Waals surface area (Å²) in [5.74, 6) is -2.14. The standard InChI is InChI=1S/C31H28ClF4N3O4/c1-29(2)16-43-27-21(29)13-20(39-26(27)17-5-3-7-22(32)23(33)9-8-17)14-30(42,31(34,35)36)15-38-28(41)19-11-18-6-4-10-37-25(18)24(40)12-19/h3-6,8-13,17,40,42H,7,14-16H2,1-2H3,(H,38,41)/b5-3?,9-8-,23-22-. The van der Waals surface area contributed by atoms with E-state index >= 15 is 0 Å². The lowest BCUT2D eigenvalue weighted by Gasteiger charge is -2.31. The van der Waals surface area contributed by atoms with E-state index in [1.165, 1.54) is 30.5 Å². The number of aromatic nitrogens is 2. The lowest BCUT2D eigenvalue weighted by atomic mass is 9.84. The topological polar surface area (TPSA) is 105 Å². The smallest absolute Gasteiger partial charge is 0.419 e. The summed E-state index contributed by atoms with van der Waals surface area (Å²) in [4.78, 5) is 21.3. The summed E-state index contributed by atoms with van der Waals surface area (Å²) >= 11 is 5.92. The third-order valence-corrected chi connectivity index (χ3v) is 7.85. The summed E-state index contributed by atoms with van der Waals surface area (Å²) in [7, 11) is 0. The molecule has 3 aromatic rings. The van der Waals surface area contributed by atoms with Crippen LogP contribution >= 0.6 is 11.6 Å². The monoisotopic (exact) mass is 617 g/mol. The second kappa shape index (κ2) is 11.3. The van der Waals surface area contributed by atoms with Gasteiger partial charge >= 0.3 is 6.18 Å². The van der Waals surface area contributed by atoms with Crippen molar-refractivity contribution in [2.24, 2.45) is 0 Å². The number of hydrogen-bond donors (Lipinski definition) is 3. The summed E-state index contributed by atoms with van der Waals surface area (Å²) in [6.07, 6.45) is 1.44. The van der Waals surface area contributed by atoms with Gasteiger partial charge in [-0.1, -0.05) is 49.7 Å². The molecular formula is C31H28ClF4N3O4. The Morgan fingerprint density at radius 3 is 2.74 bits per heavy atom. The normalized spacial score (nSPS) is 21.8. The highest BCUT2D eigenvalue weighted by atomic mass is 35.5. The van der Waals surface area contributed by atoms with E-state index in [2.05, 4.69) is 15.3 Å². The Hall–Kier alpha value is -3.96. The lowest BCUT2D eigenvalue weighted by molar-refractivity contribution is -0.257. The highest BCUT2D eigenvalue weighted by molar-refractivity contribution is 6.30.